The molecule has 0 spiro atoms. The van der Waals surface area contributed by atoms with Crippen LogP contribution in [0.3, 0.4) is 0 Å². The molecule has 1 aliphatic heterocycles. The van der Waals surface area contributed by atoms with Gasteiger partial charge in [-0.15, -0.1) is 0 Å². The summed E-state index contributed by atoms with van der Waals surface area (Å²) in [6, 6.07) is 3.78. The number of aromatic hydroxyl groups is 1. The van der Waals surface area contributed by atoms with Crippen LogP contribution in [0.5, 0.6) is 11.5 Å². The molecule has 0 saturated heterocycles. The van der Waals surface area contributed by atoms with E-state index in [0.717, 1.165) is 23.3 Å². The maximum absolute atomic E-state index is 9.74. The lowest BCUT2D eigenvalue weighted by Gasteiger charge is -2.29. The monoisotopic (exact) mass is 232 g/mol. The molecule has 92 valence electrons. The Hall–Kier alpha value is -1.44. The van der Waals surface area contributed by atoms with Crippen molar-refractivity contribution < 1.29 is 9.84 Å². The van der Waals surface area contributed by atoms with Crippen molar-refractivity contribution in [1.29, 1.82) is 0 Å². The molecule has 2 atom stereocenters. The van der Waals surface area contributed by atoms with Crippen LogP contribution in [0.4, 0.5) is 0 Å². The van der Waals surface area contributed by atoms with Crippen LogP contribution < -0.4 is 4.74 Å². The number of hydrogen-bond donors (Lipinski definition) is 1. The molecule has 0 amide bonds. The number of benzene rings is 1. The third kappa shape index (κ3) is 2.46. The molecule has 1 N–H and O–H groups in total. The SMILES string of the molecule is CC(C)=CC1CC(C)c2cc(O)c(C)cc2O1. The van der Waals surface area contributed by atoms with Crippen LogP contribution in [0.25, 0.3) is 0 Å². The fourth-order valence-corrected chi connectivity index (χ4v) is 2.33. The fourth-order valence-electron chi connectivity index (χ4n) is 2.33. The fraction of sp³-hybridized carbons (Fsp3) is 0.467. The van der Waals surface area contributed by atoms with Crippen molar-refractivity contribution in [2.45, 2.75) is 46.1 Å². The van der Waals surface area contributed by atoms with E-state index in [1.165, 1.54) is 5.57 Å². The smallest absolute Gasteiger partial charge is 0.124 e. The van der Waals surface area contributed by atoms with Crippen LogP contribution in [-0.4, -0.2) is 11.2 Å². The molecule has 1 aromatic carbocycles. The molecular formula is C15H20O2. The first-order chi connectivity index (χ1) is 7.97. The average molecular weight is 232 g/mol. The minimum atomic E-state index is 0.159. The molecule has 0 bridgehead atoms. The van der Waals surface area contributed by atoms with Crippen LogP contribution in [0.15, 0.2) is 23.8 Å². The van der Waals surface area contributed by atoms with E-state index in [9.17, 15) is 5.11 Å². The highest BCUT2D eigenvalue weighted by molar-refractivity contribution is 5.48. The third-order valence-corrected chi connectivity index (χ3v) is 3.24. The van der Waals surface area contributed by atoms with Gasteiger partial charge in [0.2, 0.25) is 0 Å². The van der Waals surface area contributed by atoms with Gasteiger partial charge in [-0.2, -0.15) is 0 Å². The van der Waals surface area contributed by atoms with Crippen LogP contribution in [0.1, 0.15) is 44.2 Å². The highest BCUT2D eigenvalue weighted by Crippen LogP contribution is 2.39. The van der Waals surface area contributed by atoms with E-state index in [1.54, 1.807) is 0 Å². The van der Waals surface area contributed by atoms with Crippen molar-refractivity contribution in [2.24, 2.45) is 0 Å². The lowest BCUT2D eigenvalue weighted by Crippen LogP contribution is -2.23. The maximum Gasteiger partial charge on any atom is 0.124 e. The molecule has 1 heterocycles. The summed E-state index contributed by atoms with van der Waals surface area (Å²) in [5.41, 5.74) is 3.27. The molecule has 0 aliphatic carbocycles. The van der Waals surface area contributed by atoms with Gasteiger partial charge < -0.3 is 9.84 Å². The number of phenols is 1. The summed E-state index contributed by atoms with van der Waals surface area (Å²) in [7, 11) is 0. The highest BCUT2D eigenvalue weighted by atomic mass is 16.5. The van der Waals surface area contributed by atoms with Gasteiger partial charge in [0, 0.05) is 5.56 Å². The molecule has 17 heavy (non-hydrogen) atoms. The number of rotatable bonds is 1. The van der Waals surface area contributed by atoms with Gasteiger partial charge in [-0.25, -0.2) is 0 Å². The van der Waals surface area contributed by atoms with E-state index in [-0.39, 0.29) is 6.10 Å². The Balaban J connectivity index is 2.36. The molecule has 0 saturated carbocycles. The average Bonchev–Trinajstić information content (AvgIpc) is 2.20. The standard InChI is InChI=1S/C15H20O2/c1-9(2)5-12-6-10(3)13-8-14(16)11(4)7-15(13)17-12/h5,7-8,10,12,16H,6H2,1-4H3. The van der Waals surface area contributed by atoms with Crippen molar-refractivity contribution >= 4 is 0 Å². The van der Waals surface area contributed by atoms with Gasteiger partial charge in [-0.3, -0.25) is 0 Å². The number of allylic oxidation sites excluding steroid dienone is 1. The van der Waals surface area contributed by atoms with Crippen LogP contribution in [0, 0.1) is 6.92 Å². The largest absolute Gasteiger partial charge is 0.508 e. The second kappa shape index (κ2) is 4.44. The van der Waals surface area contributed by atoms with E-state index in [2.05, 4.69) is 26.8 Å². The zero-order valence-corrected chi connectivity index (χ0v) is 10.9. The van der Waals surface area contributed by atoms with Crippen molar-refractivity contribution in [3.63, 3.8) is 0 Å². The zero-order valence-electron chi connectivity index (χ0n) is 10.9. The predicted octanol–water partition coefficient (Wildman–Crippen LogP) is 3.92. The van der Waals surface area contributed by atoms with Crippen molar-refractivity contribution in [2.75, 3.05) is 0 Å². The molecule has 2 nitrogen and oxygen atoms in total. The Morgan fingerprint density at radius 1 is 1.41 bits per heavy atom. The minimum absolute atomic E-state index is 0.159. The van der Waals surface area contributed by atoms with Crippen molar-refractivity contribution in [1.82, 2.24) is 0 Å². The third-order valence-electron chi connectivity index (χ3n) is 3.24. The zero-order chi connectivity index (χ0) is 12.6. The van der Waals surface area contributed by atoms with Crippen LogP contribution in [0.2, 0.25) is 0 Å². The second-order valence-electron chi connectivity index (χ2n) is 5.21. The topological polar surface area (TPSA) is 29.5 Å². The van der Waals surface area contributed by atoms with Gasteiger partial charge in [0.05, 0.1) is 0 Å². The van der Waals surface area contributed by atoms with E-state index in [4.69, 9.17) is 4.74 Å². The molecule has 2 heteroatoms. The van der Waals surface area contributed by atoms with E-state index in [1.807, 2.05) is 19.1 Å². The predicted molar refractivity (Wildman–Crippen MR) is 69.7 cm³/mol. The van der Waals surface area contributed by atoms with Gasteiger partial charge in [0.1, 0.15) is 17.6 Å². The van der Waals surface area contributed by atoms with Crippen LogP contribution in [-0.2, 0) is 0 Å². The summed E-state index contributed by atoms with van der Waals surface area (Å²) < 4.78 is 5.96. The first-order valence-electron chi connectivity index (χ1n) is 6.12. The first kappa shape index (κ1) is 12.0. The normalized spacial score (nSPS) is 22.6. The molecule has 0 fully saturated rings. The Bertz CT molecular complexity index is 456. The molecule has 1 aromatic rings. The summed E-state index contributed by atoms with van der Waals surface area (Å²) in [5.74, 6) is 1.70. The lowest BCUT2D eigenvalue weighted by atomic mass is 9.90. The highest BCUT2D eigenvalue weighted by Gasteiger charge is 2.25. The van der Waals surface area contributed by atoms with E-state index >= 15 is 0 Å². The van der Waals surface area contributed by atoms with Gasteiger partial charge in [0.15, 0.2) is 0 Å². The van der Waals surface area contributed by atoms with Gasteiger partial charge in [-0.1, -0.05) is 12.5 Å². The Morgan fingerprint density at radius 2 is 2.12 bits per heavy atom. The lowest BCUT2D eigenvalue weighted by molar-refractivity contribution is 0.203. The molecule has 2 unspecified atom stereocenters. The summed E-state index contributed by atoms with van der Waals surface area (Å²) >= 11 is 0. The number of ether oxygens (including phenoxy) is 1. The Labute approximate surface area is 103 Å². The number of aryl methyl sites for hydroxylation is 1. The summed E-state index contributed by atoms with van der Waals surface area (Å²) in [5, 5.41) is 9.74. The molecular weight excluding hydrogens is 212 g/mol. The molecule has 0 radical (unpaired) electrons. The summed E-state index contributed by atoms with van der Waals surface area (Å²) in [4.78, 5) is 0. The van der Waals surface area contributed by atoms with E-state index < -0.39 is 0 Å². The quantitative estimate of drug-likeness (QED) is 0.744. The van der Waals surface area contributed by atoms with Crippen LogP contribution >= 0.6 is 0 Å². The first-order valence-corrected chi connectivity index (χ1v) is 6.12. The number of hydrogen-bond acceptors (Lipinski definition) is 2. The van der Waals surface area contributed by atoms with Crippen molar-refractivity contribution in [3.05, 3.63) is 34.9 Å². The summed E-state index contributed by atoms with van der Waals surface area (Å²) in [6.45, 7) is 8.26. The van der Waals surface area contributed by atoms with Gasteiger partial charge in [-0.05, 0) is 56.9 Å². The summed E-state index contributed by atoms with van der Waals surface area (Å²) in [6.07, 6.45) is 3.30. The second-order valence-corrected chi connectivity index (χ2v) is 5.21. The number of fused-ring (bicyclic) bond motifs is 1. The minimum Gasteiger partial charge on any atom is -0.508 e. The van der Waals surface area contributed by atoms with Crippen molar-refractivity contribution in [3.8, 4) is 11.5 Å². The van der Waals surface area contributed by atoms with E-state index in [0.29, 0.717) is 11.7 Å². The molecule has 2 rings (SSSR count). The van der Waals surface area contributed by atoms with Gasteiger partial charge >= 0.3 is 0 Å². The Kier molecular flexibility index (Phi) is 3.14. The number of phenolic OH excluding ortho intramolecular Hbond substituents is 1. The van der Waals surface area contributed by atoms with Gasteiger partial charge in [0.25, 0.3) is 0 Å². The maximum atomic E-state index is 9.74. The Morgan fingerprint density at radius 3 is 2.76 bits per heavy atom. The molecule has 0 aromatic heterocycles. The molecule has 1 aliphatic rings.